The van der Waals surface area contributed by atoms with Crippen molar-refractivity contribution < 1.29 is 17.6 Å². The summed E-state index contributed by atoms with van der Waals surface area (Å²) in [6.07, 6.45) is -2.27. The van der Waals surface area contributed by atoms with Crippen molar-refractivity contribution in [2.75, 3.05) is 17.7 Å². The first-order valence-electron chi connectivity index (χ1n) is 8.02. The number of hydrogen-bond acceptors (Lipinski definition) is 5. The molecule has 1 aromatic carbocycles. The van der Waals surface area contributed by atoms with Gasteiger partial charge in [0.15, 0.2) is 11.5 Å². The summed E-state index contributed by atoms with van der Waals surface area (Å²) < 4.78 is 54.1. The van der Waals surface area contributed by atoms with Crippen LogP contribution in [0.5, 0.6) is 0 Å². The molecule has 0 aliphatic rings. The van der Waals surface area contributed by atoms with Crippen LogP contribution in [0.4, 0.5) is 29.1 Å². The molecule has 2 N–H and O–H groups in total. The van der Waals surface area contributed by atoms with E-state index in [2.05, 4.69) is 25.6 Å². The van der Waals surface area contributed by atoms with E-state index in [1.807, 2.05) is 0 Å². The van der Waals surface area contributed by atoms with Gasteiger partial charge in [-0.3, -0.25) is 0 Å². The molecule has 6 nitrogen and oxygen atoms in total. The Morgan fingerprint density at radius 2 is 1.96 bits per heavy atom. The van der Waals surface area contributed by atoms with Crippen LogP contribution in [0.2, 0.25) is 5.28 Å². The van der Waals surface area contributed by atoms with E-state index < -0.39 is 17.7 Å². The van der Waals surface area contributed by atoms with Gasteiger partial charge in [0.25, 0.3) is 0 Å². The van der Waals surface area contributed by atoms with Gasteiger partial charge in [-0.25, -0.2) is 14.4 Å². The fourth-order valence-corrected chi connectivity index (χ4v) is 2.70. The Labute approximate surface area is 162 Å². The number of alkyl halides is 3. The molecular formula is C17H15ClF4N6. The summed E-state index contributed by atoms with van der Waals surface area (Å²) in [6, 6.07) is 4.21. The van der Waals surface area contributed by atoms with Crippen molar-refractivity contribution in [2.45, 2.75) is 12.7 Å². The van der Waals surface area contributed by atoms with E-state index in [-0.39, 0.29) is 23.2 Å². The van der Waals surface area contributed by atoms with E-state index in [1.165, 1.54) is 25.4 Å². The molecule has 2 heterocycles. The third kappa shape index (κ3) is 4.16. The van der Waals surface area contributed by atoms with Gasteiger partial charge in [0.1, 0.15) is 11.6 Å². The van der Waals surface area contributed by atoms with E-state index in [4.69, 9.17) is 11.6 Å². The molecule has 0 aliphatic heterocycles. The highest BCUT2D eigenvalue weighted by atomic mass is 35.5. The number of nitrogens with zero attached hydrogens (tertiary/aromatic N) is 4. The first kappa shape index (κ1) is 19.9. The van der Waals surface area contributed by atoms with Crippen LogP contribution in [0.15, 0.2) is 30.6 Å². The van der Waals surface area contributed by atoms with Crippen molar-refractivity contribution >= 4 is 23.1 Å². The van der Waals surface area contributed by atoms with Gasteiger partial charge in [-0.15, -0.1) is 0 Å². The topological polar surface area (TPSA) is 67.7 Å². The third-order valence-electron chi connectivity index (χ3n) is 3.93. The second-order valence-corrected chi connectivity index (χ2v) is 6.22. The highest BCUT2D eigenvalue weighted by molar-refractivity contribution is 6.28. The second kappa shape index (κ2) is 7.63. The molecule has 2 aromatic heterocycles. The van der Waals surface area contributed by atoms with Crippen LogP contribution < -0.4 is 10.6 Å². The van der Waals surface area contributed by atoms with Crippen molar-refractivity contribution in [1.82, 2.24) is 19.5 Å². The van der Waals surface area contributed by atoms with Crippen molar-refractivity contribution in [3.8, 4) is 11.4 Å². The van der Waals surface area contributed by atoms with E-state index in [0.29, 0.717) is 17.1 Å². The standard InChI is InChI=1S/C17H15ClF4N6/c1-23-12-7-25-16(18)27-14(12)24-6-9-3-4-10(11(19)5-9)15-26-13(8-28(15)2)17(20,21)22/h3-5,7-8,23H,6H2,1-2H3,(H,24,25,27). The molecule has 0 aliphatic carbocycles. The number of halogens is 5. The quantitative estimate of drug-likeness (QED) is 0.480. The minimum absolute atomic E-state index is 0.0252. The van der Waals surface area contributed by atoms with Gasteiger partial charge in [0, 0.05) is 26.8 Å². The smallest absolute Gasteiger partial charge is 0.384 e. The highest BCUT2D eigenvalue weighted by Crippen LogP contribution is 2.31. The Hall–Kier alpha value is -2.88. The molecule has 0 bridgehead atoms. The number of benzene rings is 1. The minimum atomic E-state index is -4.60. The number of hydrogen-bond donors (Lipinski definition) is 2. The fraction of sp³-hybridized carbons (Fsp3) is 0.235. The fourth-order valence-electron chi connectivity index (χ4n) is 2.57. The first-order valence-corrected chi connectivity index (χ1v) is 8.40. The monoisotopic (exact) mass is 414 g/mol. The molecule has 148 valence electrons. The average Bonchev–Trinajstić information content (AvgIpc) is 3.02. The van der Waals surface area contributed by atoms with Gasteiger partial charge in [-0.05, 0) is 29.3 Å². The Kier molecular flexibility index (Phi) is 5.41. The lowest BCUT2D eigenvalue weighted by molar-refractivity contribution is -0.140. The van der Waals surface area contributed by atoms with E-state index in [1.54, 1.807) is 13.1 Å². The lowest BCUT2D eigenvalue weighted by Gasteiger charge is -2.11. The zero-order valence-corrected chi connectivity index (χ0v) is 15.5. The number of anilines is 2. The largest absolute Gasteiger partial charge is 0.434 e. The predicted octanol–water partition coefficient (Wildman–Crippen LogP) is 4.34. The number of nitrogens with one attached hydrogen (secondary N) is 2. The summed E-state index contributed by atoms with van der Waals surface area (Å²) in [4.78, 5) is 11.4. The van der Waals surface area contributed by atoms with E-state index in [9.17, 15) is 17.6 Å². The Morgan fingerprint density at radius 1 is 1.21 bits per heavy atom. The molecule has 3 rings (SSSR count). The lowest BCUT2D eigenvalue weighted by atomic mass is 10.1. The summed E-state index contributed by atoms with van der Waals surface area (Å²) in [5, 5.41) is 5.96. The maximum atomic E-state index is 14.5. The molecule has 0 saturated heterocycles. The molecule has 0 spiro atoms. The number of rotatable bonds is 5. The molecule has 0 amide bonds. The third-order valence-corrected chi connectivity index (χ3v) is 4.11. The molecule has 0 saturated carbocycles. The van der Waals surface area contributed by atoms with Gasteiger partial charge < -0.3 is 15.2 Å². The Morgan fingerprint density at radius 3 is 2.57 bits per heavy atom. The van der Waals surface area contributed by atoms with E-state index >= 15 is 0 Å². The predicted molar refractivity (Wildman–Crippen MR) is 97.5 cm³/mol. The summed E-state index contributed by atoms with van der Waals surface area (Å²) >= 11 is 5.78. The van der Waals surface area contributed by atoms with Crippen LogP contribution in [0, 0.1) is 5.82 Å². The maximum absolute atomic E-state index is 14.5. The van der Waals surface area contributed by atoms with E-state index in [0.717, 1.165) is 10.8 Å². The number of aryl methyl sites for hydroxylation is 1. The van der Waals surface area contributed by atoms with Crippen LogP contribution in [0.1, 0.15) is 11.3 Å². The van der Waals surface area contributed by atoms with Crippen LogP contribution in [-0.2, 0) is 19.8 Å². The Bertz CT molecular complexity index is 1000. The average molecular weight is 415 g/mol. The maximum Gasteiger partial charge on any atom is 0.434 e. The van der Waals surface area contributed by atoms with Crippen LogP contribution >= 0.6 is 11.6 Å². The summed E-state index contributed by atoms with van der Waals surface area (Å²) in [6.45, 7) is 0.216. The van der Waals surface area contributed by atoms with Crippen molar-refractivity contribution in [3.63, 3.8) is 0 Å². The molecule has 0 fully saturated rings. The van der Waals surface area contributed by atoms with Gasteiger partial charge in [-0.2, -0.15) is 18.2 Å². The highest BCUT2D eigenvalue weighted by Gasteiger charge is 2.34. The van der Waals surface area contributed by atoms with Gasteiger partial charge >= 0.3 is 6.18 Å². The SMILES string of the molecule is CNc1cnc(Cl)nc1NCc1ccc(-c2nc(C(F)(F)F)cn2C)c(F)c1. The lowest BCUT2D eigenvalue weighted by Crippen LogP contribution is -2.06. The molecule has 3 aromatic rings. The van der Waals surface area contributed by atoms with Crippen molar-refractivity contribution in [1.29, 1.82) is 0 Å². The summed E-state index contributed by atoms with van der Waals surface area (Å²) in [5.74, 6) is -0.355. The normalized spacial score (nSPS) is 11.5. The van der Waals surface area contributed by atoms with Gasteiger partial charge in [0.2, 0.25) is 5.28 Å². The molecule has 11 heteroatoms. The molecular weight excluding hydrogens is 400 g/mol. The second-order valence-electron chi connectivity index (χ2n) is 5.88. The van der Waals surface area contributed by atoms with Crippen molar-refractivity contribution in [2.24, 2.45) is 7.05 Å². The molecule has 0 unspecified atom stereocenters. The van der Waals surface area contributed by atoms with Crippen LogP contribution in [0.25, 0.3) is 11.4 Å². The number of aromatic nitrogens is 4. The van der Waals surface area contributed by atoms with Crippen LogP contribution in [0.3, 0.4) is 0 Å². The van der Waals surface area contributed by atoms with Crippen molar-refractivity contribution in [3.05, 3.63) is 53.0 Å². The number of imidazole rings is 1. The van der Waals surface area contributed by atoms with Gasteiger partial charge in [0.05, 0.1) is 17.4 Å². The summed E-state index contributed by atoms with van der Waals surface area (Å²) in [7, 11) is 3.07. The van der Waals surface area contributed by atoms with Crippen LogP contribution in [-0.4, -0.2) is 26.6 Å². The van der Waals surface area contributed by atoms with Gasteiger partial charge in [-0.1, -0.05) is 6.07 Å². The molecule has 0 radical (unpaired) electrons. The minimum Gasteiger partial charge on any atom is -0.384 e. The molecule has 28 heavy (non-hydrogen) atoms. The zero-order valence-electron chi connectivity index (χ0n) is 14.8. The Balaban J connectivity index is 1.82. The first-order chi connectivity index (χ1) is 13.2. The molecule has 0 atom stereocenters. The zero-order chi connectivity index (χ0) is 20.5. The summed E-state index contributed by atoms with van der Waals surface area (Å²) in [5.41, 5.74) is 0.0654.